The molecule has 2 aromatic rings. The van der Waals surface area contributed by atoms with Crippen molar-refractivity contribution in [2.45, 2.75) is 73.6 Å². The highest BCUT2D eigenvalue weighted by atomic mass is 79.9. The van der Waals surface area contributed by atoms with Gasteiger partial charge in [0.05, 0.1) is 20.6 Å². The standard InChI is InChI=1S/C35H40Br2N4O4/c1-18-17-38-27(19(18)2)13-28-20(3)24(9-11-33(42)44-7)31(40-28)15-32-25(10-12-34(43)45-8)21(4)29(41-32)14-30-22(5)35(23(6)39-30)26(37)16-36/h13-14,16-17,39-40H,9-12,15H2,1-8H3/p+2/b26-16-,27-13+,29-14+. The maximum absolute atomic E-state index is 12.2. The molecule has 0 amide bonds. The molecule has 4 heterocycles. The average Bonchev–Trinajstić information content (AvgIpc) is 3.69. The number of ether oxygens (including phenoxy) is 2. The van der Waals surface area contributed by atoms with Crippen molar-refractivity contribution in [3.63, 3.8) is 0 Å². The third-order valence-corrected chi connectivity index (χ3v) is 10.5. The molecule has 0 atom stereocenters. The molecule has 4 rings (SSSR count). The smallest absolute Gasteiger partial charge is 0.305 e. The Labute approximate surface area is 281 Å². The predicted molar refractivity (Wildman–Crippen MR) is 187 cm³/mol. The van der Waals surface area contributed by atoms with Crippen LogP contribution in [0.1, 0.15) is 85.1 Å². The van der Waals surface area contributed by atoms with E-state index in [9.17, 15) is 9.59 Å². The molecule has 0 saturated carbocycles. The number of nitrogens with one attached hydrogen (secondary N) is 4. The summed E-state index contributed by atoms with van der Waals surface area (Å²) in [5.41, 5.74) is 16.1. The summed E-state index contributed by atoms with van der Waals surface area (Å²) in [5.74, 6) is -0.492. The van der Waals surface area contributed by atoms with E-state index in [1.165, 1.54) is 25.4 Å². The monoisotopic (exact) mass is 740 g/mol. The number of esters is 2. The quantitative estimate of drug-likeness (QED) is 0.251. The molecule has 0 fully saturated rings. The summed E-state index contributed by atoms with van der Waals surface area (Å²) >= 11 is 7.09. The number of allylic oxidation sites excluding steroid dienone is 4. The lowest BCUT2D eigenvalue weighted by Gasteiger charge is -2.06. The molecule has 0 unspecified atom stereocenters. The number of methoxy groups -OCH3 is 2. The van der Waals surface area contributed by atoms with Crippen LogP contribution in [0.3, 0.4) is 0 Å². The van der Waals surface area contributed by atoms with Crippen LogP contribution in [0.4, 0.5) is 0 Å². The molecule has 2 aromatic heterocycles. The van der Waals surface area contributed by atoms with Gasteiger partial charge in [-0.1, -0.05) is 15.9 Å². The Kier molecular flexibility index (Phi) is 11.3. The molecule has 4 N–H and O–H groups in total. The minimum atomic E-state index is -0.248. The summed E-state index contributed by atoms with van der Waals surface area (Å²) in [6.07, 6.45) is 8.51. The first-order valence-corrected chi connectivity index (χ1v) is 16.6. The van der Waals surface area contributed by atoms with E-state index < -0.39 is 0 Å². The normalized spacial score (nSPS) is 16.9. The van der Waals surface area contributed by atoms with Gasteiger partial charge < -0.3 is 19.4 Å². The zero-order chi connectivity index (χ0) is 33.0. The second-order valence-electron chi connectivity index (χ2n) is 11.5. The number of hydrogen-bond donors (Lipinski definition) is 4. The van der Waals surface area contributed by atoms with Crippen LogP contribution in [0.25, 0.3) is 16.6 Å². The molecule has 2 aliphatic rings. The van der Waals surface area contributed by atoms with Gasteiger partial charge in [0.2, 0.25) is 11.4 Å². The first-order valence-electron chi connectivity index (χ1n) is 14.9. The Morgan fingerprint density at radius 1 is 0.867 bits per heavy atom. The molecule has 8 nitrogen and oxygen atoms in total. The highest BCUT2D eigenvalue weighted by Gasteiger charge is 2.31. The average molecular weight is 743 g/mol. The van der Waals surface area contributed by atoms with E-state index in [-0.39, 0.29) is 24.8 Å². The minimum absolute atomic E-state index is 0.244. The lowest BCUT2D eigenvalue weighted by atomic mass is 9.95. The number of halogens is 2. The van der Waals surface area contributed by atoms with Crippen LogP contribution in [-0.2, 0) is 31.9 Å². The van der Waals surface area contributed by atoms with E-state index in [0.29, 0.717) is 19.3 Å². The molecule has 0 radical (unpaired) electrons. The number of aromatic amines is 2. The van der Waals surface area contributed by atoms with Crippen LogP contribution in [0, 0.1) is 20.8 Å². The van der Waals surface area contributed by atoms with E-state index in [2.05, 4.69) is 106 Å². The van der Waals surface area contributed by atoms with Crippen LogP contribution >= 0.6 is 31.9 Å². The molecule has 0 aromatic carbocycles. The number of rotatable bonds is 11. The Hall–Kier alpha value is -3.50. The fourth-order valence-electron chi connectivity index (χ4n) is 5.93. The van der Waals surface area contributed by atoms with Gasteiger partial charge in [-0.25, -0.2) is 9.98 Å². The Morgan fingerprint density at radius 2 is 1.49 bits per heavy atom. The summed E-state index contributed by atoms with van der Waals surface area (Å²) in [5, 5.41) is 0. The van der Waals surface area contributed by atoms with Crippen LogP contribution in [0.2, 0.25) is 0 Å². The van der Waals surface area contributed by atoms with Gasteiger partial charge >= 0.3 is 11.9 Å². The molecule has 45 heavy (non-hydrogen) atoms. The number of aromatic nitrogens is 2. The molecule has 0 aliphatic carbocycles. The third kappa shape index (κ3) is 7.49. The van der Waals surface area contributed by atoms with Gasteiger partial charge in [0.1, 0.15) is 0 Å². The molecule has 2 aliphatic heterocycles. The van der Waals surface area contributed by atoms with Crippen molar-refractivity contribution < 1.29 is 29.0 Å². The summed E-state index contributed by atoms with van der Waals surface area (Å²) in [6.45, 7) is 12.5. The van der Waals surface area contributed by atoms with Crippen molar-refractivity contribution in [2.75, 3.05) is 14.2 Å². The Bertz CT molecular complexity index is 1760. The second kappa shape index (κ2) is 14.7. The van der Waals surface area contributed by atoms with Crippen molar-refractivity contribution in [3.05, 3.63) is 83.7 Å². The second-order valence-corrected chi connectivity index (χ2v) is 12.8. The summed E-state index contributed by atoms with van der Waals surface area (Å²) in [6, 6.07) is 0. The van der Waals surface area contributed by atoms with Gasteiger partial charge in [-0.15, -0.1) is 0 Å². The molecule has 10 heteroatoms. The van der Waals surface area contributed by atoms with Crippen molar-refractivity contribution in [2.24, 2.45) is 0 Å². The largest absolute Gasteiger partial charge is 0.469 e. The van der Waals surface area contributed by atoms with Crippen molar-refractivity contribution >= 4 is 72.4 Å². The zero-order valence-corrected chi connectivity index (χ0v) is 30.4. The van der Waals surface area contributed by atoms with Gasteiger partial charge in [0.25, 0.3) is 0 Å². The van der Waals surface area contributed by atoms with E-state index in [4.69, 9.17) is 9.47 Å². The topological polar surface area (TPSA) is 112 Å². The first-order chi connectivity index (χ1) is 21.4. The van der Waals surface area contributed by atoms with Crippen molar-refractivity contribution in [1.29, 1.82) is 0 Å². The van der Waals surface area contributed by atoms with Gasteiger partial charge in [-0.05, 0) is 92.0 Å². The zero-order valence-electron chi connectivity index (χ0n) is 27.2. The number of carbonyl (C=O) groups is 2. The van der Waals surface area contributed by atoms with E-state index in [1.807, 2.05) is 11.2 Å². The van der Waals surface area contributed by atoms with Crippen LogP contribution in [-0.4, -0.2) is 48.1 Å². The molecule has 0 saturated heterocycles. The number of carbonyl (C=O) groups excluding carboxylic acids is 2. The van der Waals surface area contributed by atoms with Crippen LogP contribution < -0.4 is 9.98 Å². The molecule has 0 spiro atoms. The van der Waals surface area contributed by atoms with Gasteiger partial charge in [0, 0.05) is 80.1 Å². The number of hydrogen-bond acceptors (Lipinski definition) is 4. The molecular weight excluding hydrogens is 700 g/mol. The van der Waals surface area contributed by atoms with E-state index >= 15 is 0 Å². The summed E-state index contributed by atoms with van der Waals surface area (Å²) in [4.78, 5) is 40.5. The first kappa shape index (κ1) is 34.4. The highest BCUT2D eigenvalue weighted by molar-refractivity contribution is 9.16. The van der Waals surface area contributed by atoms with Gasteiger partial charge in [-0.3, -0.25) is 9.59 Å². The maximum Gasteiger partial charge on any atom is 0.305 e. The molecular formula is C35H42Br2N4O4+2. The summed E-state index contributed by atoms with van der Waals surface area (Å²) in [7, 11) is 2.84. The van der Waals surface area contributed by atoms with Crippen LogP contribution in [0.15, 0.2) is 38.7 Å². The molecule has 238 valence electrons. The predicted octanol–water partition coefficient (Wildman–Crippen LogP) is 4.69. The Morgan fingerprint density at radius 3 is 2.09 bits per heavy atom. The maximum atomic E-state index is 12.2. The third-order valence-electron chi connectivity index (χ3n) is 8.81. The highest BCUT2D eigenvalue weighted by Crippen LogP contribution is 2.33. The minimum Gasteiger partial charge on any atom is -0.469 e. The fraction of sp³-hybridized carbons (Fsp3) is 0.371. The molecule has 0 bridgehead atoms. The van der Waals surface area contributed by atoms with E-state index in [0.717, 1.165) is 77.8 Å². The van der Waals surface area contributed by atoms with Gasteiger partial charge in [-0.2, -0.15) is 0 Å². The van der Waals surface area contributed by atoms with E-state index in [1.54, 1.807) is 0 Å². The van der Waals surface area contributed by atoms with Crippen molar-refractivity contribution in [3.8, 4) is 0 Å². The van der Waals surface area contributed by atoms with Crippen LogP contribution in [0.5, 0.6) is 0 Å². The van der Waals surface area contributed by atoms with Crippen molar-refractivity contribution in [1.82, 2.24) is 9.97 Å². The SMILES string of the molecule is COC(=O)CCC1=C(C)/C(=C\c2[nH]c(C)c(/C(Br)=C/Br)c2C)[NH+]=C1Cc1[nH]c(/C=C2/[NH+]=CC(C)=C2C)c(C)c1CCC(=O)OC. The lowest BCUT2D eigenvalue weighted by molar-refractivity contribution is -0.387. The Balaban J connectivity index is 1.79. The summed E-state index contributed by atoms with van der Waals surface area (Å²) < 4.78 is 10.9. The van der Waals surface area contributed by atoms with Gasteiger partial charge in [0.15, 0.2) is 11.9 Å². The number of aryl methyl sites for hydroxylation is 1. The number of H-pyrrole nitrogens is 2. The fourth-order valence-corrected chi connectivity index (χ4v) is 6.75. The lowest BCUT2D eigenvalue weighted by Crippen LogP contribution is -2.69.